The van der Waals surface area contributed by atoms with Gasteiger partial charge < -0.3 is 10.2 Å². The second-order valence-corrected chi connectivity index (χ2v) is 5.55. The Balaban J connectivity index is 1.54. The summed E-state index contributed by atoms with van der Waals surface area (Å²) in [5.41, 5.74) is 1.88. The Bertz CT molecular complexity index is 492. The van der Waals surface area contributed by atoms with Crippen molar-refractivity contribution in [3.63, 3.8) is 0 Å². The van der Waals surface area contributed by atoms with Crippen LogP contribution in [0.25, 0.3) is 0 Å². The standard InChI is InChI=1S/C16H20N2O2/c19-16(17-13-9-5-2-6-10-13)15-11-14(18-20-15)12-7-3-1-4-8-12/h1,3-4,7-8,13,15H,2,5-6,9-11H2,(H,17,19)/t15-/m0/s1. The molecule has 1 aliphatic carbocycles. The third kappa shape index (κ3) is 3.00. The van der Waals surface area contributed by atoms with Gasteiger partial charge in [0.25, 0.3) is 5.91 Å². The van der Waals surface area contributed by atoms with E-state index in [4.69, 9.17) is 4.84 Å². The topological polar surface area (TPSA) is 50.7 Å². The molecule has 0 unspecified atom stereocenters. The largest absolute Gasteiger partial charge is 0.382 e. The minimum absolute atomic E-state index is 0.0217. The molecule has 1 saturated carbocycles. The molecule has 1 heterocycles. The number of nitrogens with one attached hydrogen (secondary N) is 1. The average Bonchev–Trinajstić information content (AvgIpc) is 2.99. The number of amides is 1. The van der Waals surface area contributed by atoms with Crippen molar-refractivity contribution in [2.24, 2.45) is 5.16 Å². The fourth-order valence-corrected chi connectivity index (χ4v) is 2.86. The zero-order chi connectivity index (χ0) is 13.8. The van der Waals surface area contributed by atoms with E-state index in [2.05, 4.69) is 10.5 Å². The Hall–Kier alpha value is -1.84. The first-order chi connectivity index (χ1) is 9.83. The number of oxime groups is 1. The van der Waals surface area contributed by atoms with Gasteiger partial charge in [0.15, 0.2) is 0 Å². The van der Waals surface area contributed by atoms with Crippen LogP contribution in [0.15, 0.2) is 35.5 Å². The molecule has 20 heavy (non-hydrogen) atoms. The number of carbonyl (C=O) groups excluding carboxylic acids is 1. The Kier molecular flexibility index (Phi) is 4.00. The maximum atomic E-state index is 12.2. The van der Waals surface area contributed by atoms with Gasteiger partial charge in [0, 0.05) is 12.5 Å². The summed E-state index contributed by atoms with van der Waals surface area (Å²) >= 11 is 0. The fraction of sp³-hybridized carbons (Fsp3) is 0.500. The second-order valence-electron chi connectivity index (χ2n) is 5.55. The van der Waals surface area contributed by atoms with E-state index < -0.39 is 6.10 Å². The van der Waals surface area contributed by atoms with Crippen molar-refractivity contribution in [2.75, 3.05) is 0 Å². The Labute approximate surface area is 119 Å². The summed E-state index contributed by atoms with van der Waals surface area (Å²) < 4.78 is 0. The van der Waals surface area contributed by atoms with E-state index in [1.54, 1.807) is 0 Å². The van der Waals surface area contributed by atoms with E-state index in [0.29, 0.717) is 12.5 Å². The third-order valence-corrected chi connectivity index (χ3v) is 4.02. The van der Waals surface area contributed by atoms with Gasteiger partial charge in [-0.05, 0) is 18.4 Å². The number of carbonyl (C=O) groups is 1. The number of rotatable bonds is 3. The summed E-state index contributed by atoms with van der Waals surface area (Å²) in [5.74, 6) is -0.0217. The molecule has 1 N–H and O–H groups in total. The number of hydrogen-bond acceptors (Lipinski definition) is 3. The lowest BCUT2D eigenvalue weighted by molar-refractivity contribution is -0.132. The maximum absolute atomic E-state index is 12.2. The fourth-order valence-electron chi connectivity index (χ4n) is 2.86. The molecule has 4 nitrogen and oxygen atoms in total. The summed E-state index contributed by atoms with van der Waals surface area (Å²) in [6.07, 6.45) is 5.98. The Morgan fingerprint density at radius 1 is 1.15 bits per heavy atom. The molecule has 1 aromatic carbocycles. The molecule has 1 amide bonds. The van der Waals surface area contributed by atoms with Crippen LogP contribution in [0.3, 0.4) is 0 Å². The molecule has 0 bridgehead atoms. The van der Waals surface area contributed by atoms with Crippen molar-refractivity contribution in [3.8, 4) is 0 Å². The van der Waals surface area contributed by atoms with E-state index in [1.165, 1.54) is 19.3 Å². The van der Waals surface area contributed by atoms with Gasteiger partial charge in [0.2, 0.25) is 6.10 Å². The molecule has 1 aliphatic heterocycles. The van der Waals surface area contributed by atoms with Gasteiger partial charge in [-0.1, -0.05) is 54.8 Å². The van der Waals surface area contributed by atoms with Crippen LogP contribution in [0.1, 0.15) is 44.1 Å². The summed E-state index contributed by atoms with van der Waals surface area (Å²) in [5, 5.41) is 7.15. The summed E-state index contributed by atoms with van der Waals surface area (Å²) in [4.78, 5) is 17.5. The molecule has 0 saturated heterocycles. The van der Waals surface area contributed by atoms with Crippen LogP contribution in [0.4, 0.5) is 0 Å². The van der Waals surface area contributed by atoms with E-state index >= 15 is 0 Å². The molecule has 1 aromatic rings. The molecule has 0 radical (unpaired) electrons. The molecule has 1 atom stereocenters. The quantitative estimate of drug-likeness (QED) is 0.919. The van der Waals surface area contributed by atoms with Crippen molar-refractivity contribution >= 4 is 11.6 Å². The molecule has 106 valence electrons. The number of benzene rings is 1. The first kappa shape index (κ1) is 13.2. The van der Waals surface area contributed by atoms with Crippen LogP contribution in [-0.4, -0.2) is 23.8 Å². The zero-order valence-corrected chi connectivity index (χ0v) is 11.5. The Morgan fingerprint density at radius 3 is 2.65 bits per heavy atom. The van der Waals surface area contributed by atoms with Gasteiger partial charge in [0.05, 0.1) is 5.71 Å². The highest BCUT2D eigenvalue weighted by Gasteiger charge is 2.30. The van der Waals surface area contributed by atoms with Gasteiger partial charge in [-0.15, -0.1) is 0 Å². The molecule has 3 rings (SSSR count). The maximum Gasteiger partial charge on any atom is 0.264 e. The molecule has 4 heteroatoms. The first-order valence-electron chi connectivity index (χ1n) is 7.41. The van der Waals surface area contributed by atoms with Crippen molar-refractivity contribution in [1.82, 2.24) is 5.32 Å². The smallest absolute Gasteiger partial charge is 0.264 e. The number of nitrogens with zero attached hydrogens (tertiary/aromatic N) is 1. The summed E-state index contributed by atoms with van der Waals surface area (Å²) in [6.45, 7) is 0. The van der Waals surface area contributed by atoms with E-state index in [0.717, 1.165) is 24.1 Å². The first-order valence-corrected chi connectivity index (χ1v) is 7.41. The van der Waals surface area contributed by atoms with Crippen LogP contribution in [0.5, 0.6) is 0 Å². The van der Waals surface area contributed by atoms with Crippen molar-refractivity contribution in [1.29, 1.82) is 0 Å². The number of hydrogen-bond donors (Lipinski definition) is 1. The lowest BCUT2D eigenvalue weighted by Crippen LogP contribution is -2.42. The lowest BCUT2D eigenvalue weighted by Gasteiger charge is -2.23. The molecule has 0 spiro atoms. The van der Waals surface area contributed by atoms with Crippen LogP contribution in [-0.2, 0) is 9.63 Å². The minimum Gasteiger partial charge on any atom is -0.382 e. The van der Waals surface area contributed by atoms with Gasteiger partial charge in [-0.2, -0.15) is 0 Å². The lowest BCUT2D eigenvalue weighted by atomic mass is 9.95. The van der Waals surface area contributed by atoms with Gasteiger partial charge >= 0.3 is 0 Å². The van der Waals surface area contributed by atoms with E-state index in [9.17, 15) is 4.79 Å². The molecule has 2 aliphatic rings. The second kappa shape index (κ2) is 6.07. The highest BCUT2D eigenvalue weighted by Crippen LogP contribution is 2.20. The predicted octanol–water partition coefficient (Wildman–Crippen LogP) is 2.63. The monoisotopic (exact) mass is 272 g/mol. The van der Waals surface area contributed by atoms with Crippen LogP contribution in [0, 0.1) is 0 Å². The van der Waals surface area contributed by atoms with Crippen molar-refractivity contribution in [3.05, 3.63) is 35.9 Å². The highest BCUT2D eigenvalue weighted by molar-refractivity contribution is 6.04. The van der Waals surface area contributed by atoms with Crippen molar-refractivity contribution < 1.29 is 9.63 Å². The molecular weight excluding hydrogens is 252 g/mol. The van der Waals surface area contributed by atoms with E-state index in [-0.39, 0.29) is 5.91 Å². The van der Waals surface area contributed by atoms with E-state index in [1.807, 2.05) is 30.3 Å². The third-order valence-electron chi connectivity index (χ3n) is 4.02. The Morgan fingerprint density at radius 2 is 1.90 bits per heavy atom. The molecule has 0 aromatic heterocycles. The van der Waals surface area contributed by atoms with Gasteiger partial charge in [-0.25, -0.2) is 0 Å². The highest BCUT2D eigenvalue weighted by atomic mass is 16.6. The molecule has 1 fully saturated rings. The zero-order valence-electron chi connectivity index (χ0n) is 11.5. The van der Waals surface area contributed by atoms with Crippen LogP contribution in [0.2, 0.25) is 0 Å². The predicted molar refractivity (Wildman–Crippen MR) is 77.5 cm³/mol. The average molecular weight is 272 g/mol. The van der Waals surface area contributed by atoms with Crippen molar-refractivity contribution in [2.45, 2.75) is 50.7 Å². The molecular formula is C16H20N2O2. The SMILES string of the molecule is O=C(NC1CCCCC1)[C@@H]1CC(c2ccccc2)=NO1. The summed E-state index contributed by atoms with van der Waals surface area (Å²) in [6, 6.07) is 10.2. The minimum atomic E-state index is -0.466. The normalized spacial score (nSPS) is 23.0. The van der Waals surface area contributed by atoms with Gasteiger partial charge in [-0.3, -0.25) is 4.79 Å². The summed E-state index contributed by atoms with van der Waals surface area (Å²) in [7, 11) is 0. The van der Waals surface area contributed by atoms with Crippen LogP contribution >= 0.6 is 0 Å². The van der Waals surface area contributed by atoms with Crippen LogP contribution < -0.4 is 5.32 Å². The van der Waals surface area contributed by atoms with Gasteiger partial charge in [0.1, 0.15) is 0 Å².